The van der Waals surface area contributed by atoms with Gasteiger partial charge in [0.2, 0.25) is 5.91 Å². The molecule has 0 atom stereocenters. The smallest absolute Gasteiger partial charge is 0.414 e. The van der Waals surface area contributed by atoms with Gasteiger partial charge in [0.05, 0.1) is 17.7 Å². The van der Waals surface area contributed by atoms with Gasteiger partial charge in [0.25, 0.3) is 0 Å². The molecule has 3 heterocycles. The van der Waals surface area contributed by atoms with Crippen LogP contribution in [0, 0.1) is 0 Å². The maximum absolute atomic E-state index is 13.0. The Balaban J connectivity index is 0.000000382. The number of piperazine rings is 1. The fourth-order valence-electron chi connectivity index (χ4n) is 4.58. The van der Waals surface area contributed by atoms with Crippen molar-refractivity contribution < 1.29 is 64.2 Å². The zero-order chi connectivity index (χ0) is 36.7. The first-order valence-corrected chi connectivity index (χ1v) is 14.4. The standard InChI is InChI=1S/C25H29N5O.3C2H2O4/c1-28-13-15-29(16-14-28)18-23(31)27-24-20-9-5-6-10-22(20)26-25-21(24)11-12-30(25)17-19-7-3-2-4-8-19;3*3-1(4)2(5)6/h2-10H,11-18H2,1H3,(H,26,27,31);3*(H,3,4)(H,5,6). The SMILES string of the molecule is CN1CCN(CC(=O)Nc2c3c(nc4ccccc24)N(Cc2ccccc2)CC3)CC1.O=C(O)C(=O)O.O=C(O)C(=O)O.O=C(O)C(=O)O. The summed E-state index contributed by atoms with van der Waals surface area (Å²) in [6.45, 7) is 6.06. The minimum absolute atomic E-state index is 0.0598. The first kappa shape index (κ1) is 39.0. The Bertz CT molecular complexity index is 1580. The second-order valence-corrected chi connectivity index (χ2v) is 10.4. The Morgan fingerprint density at radius 3 is 1.67 bits per heavy atom. The van der Waals surface area contributed by atoms with Crippen LogP contribution >= 0.6 is 0 Å². The summed E-state index contributed by atoms with van der Waals surface area (Å²) in [6, 6.07) is 18.6. The van der Waals surface area contributed by atoms with E-state index in [-0.39, 0.29) is 5.91 Å². The van der Waals surface area contributed by atoms with Gasteiger partial charge in [-0.3, -0.25) is 9.69 Å². The van der Waals surface area contributed by atoms with Gasteiger partial charge in [-0.05, 0) is 25.1 Å². The summed E-state index contributed by atoms with van der Waals surface area (Å²) in [4.78, 5) is 79.4. The molecule has 3 aromatic rings. The Morgan fingerprint density at radius 1 is 0.673 bits per heavy atom. The summed E-state index contributed by atoms with van der Waals surface area (Å²) in [5, 5.41) is 48.6. The number of nitrogens with one attached hydrogen (secondary N) is 1. The first-order valence-electron chi connectivity index (χ1n) is 14.4. The highest BCUT2D eigenvalue weighted by Crippen LogP contribution is 2.38. The predicted molar refractivity (Wildman–Crippen MR) is 171 cm³/mol. The van der Waals surface area contributed by atoms with Gasteiger partial charge in [0, 0.05) is 50.2 Å². The molecule has 0 radical (unpaired) electrons. The molecule has 0 spiro atoms. The van der Waals surface area contributed by atoms with Gasteiger partial charge in [-0.1, -0.05) is 48.5 Å². The van der Waals surface area contributed by atoms with Crippen molar-refractivity contribution >= 4 is 64.1 Å². The van der Waals surface area contributed by atoms with Crippen molar-refractivity contribution in [2.45, 2.75) is 13.0 Å². The van der Waals surface area contributed by atoms with Crippen LogP contribution in [0.5, 0.6) is 0 Å². The van der Waals surface area contributed by atoms with Crippen molar-refractivity contribution in [3.63, 3.8) is 0 Å². The van der Waals surface area contributed by atoms with Crippen LogP contribution in [0.3, 0.4) is 0 Å². The lowest BCUT2D eigenvalue weighted by Gasteiger charge is -2.31. The molecule has 0 bridgehead atoms. The molecule has 0 saturated carbocycles. The van der Waals surface area contributed by atoms with Crippen LogP contribution in [0.1, 0.15) is 11.1 Å². The second kappa shape index (κ2) is 18.9. The number of aliphatic carboxylic acids is 6. The molecule has 1 fully saturated rings. The number of carboxylic acid groups (broad SMARTS) is 6. The quantitative estimate of drug-likeness (QED) is 0.180. The molecule has 2 aliphatic heterocycles. The Labute approximate surface area is 278 Å². The number of carboxylic acids is 6. The highest BCUT2D eigenvalue weighted by molar-refractivity contribution is 6.28. The normalized spacial score (nSPS) is 13.5. The number of hydrogen-bond donors (Lipinski definition) is 7. The first-order chi connectivity index (χ1) is 23.1. The number of pyridine rings is 1. The van der Waals surface area contributed by atoms with E-state index in [1.54, 1.807) is 0 Å². The van der Waals surface area contributed by atoms with Gasteiger partial charge >= 0.3 is 35.8 Å². The summed E-state index contributed by atoms with van der Waals surface area (Å²) >= 11 is 0. The molecule has 5 rings (SSSR count). The monoisotopic (exact) mass is 685 g/mol. The lowest BCUT2D eigenvalue weighted by molar-refractivity contribution is -0.159. The molecule has 18 heteroatoms. The molecule has 1 aromatic heterocycles. The van der Waals surface area contributed by atoms with Crippen LogP contribution in [0.15, 0.2) is 54.6 Å². The number of aromatic nitrogens is 1. The number of rotatable bonds is 5. The van der Waals surface area contributed by atoms with Gasteiger partial charge in [0.15, 0.2) is 0 Å². The van der Waals surface area contributed by atoms with Gasteiger partial charge in [0.1, 0.15) is 5.82 Å². The summed E-state index contributed by atoms with van der Waals surface area (Å²) in [5.74, 6) is -9.89. The number of para-hydroxylation sites is 1. The number of fused-ring (bicyclic) bond motifs is 2. The van der Waals surface area contributed by atoms with Gasteiger partial charge in [-0.2, -0.15) is 0 Å². The molecule has 2 aromatic carbocycles. The molecule has 49 heavy (non-hydrogen) atoms. The molecule has 1 saturated heterocycles. The average molecular weight is 686 g/mol. The van der Waals surface area contributed by atoms with E-state index in [1.807, 2.05) is 24.3 Å². The van der Waals surface area contributed by atoms with Crippen molar-refractivity contribution in [3.8, 4) is 0 Å². The van der Waals surface area contributed by atoms with Crippen molar-refractivity contribution in [1.82, 2.24) is 14.8 Å². The highest BCUT2D eigenvalue weighted by Gasteiger charge is 2.27. The zero-order valence-corrected chi connectivity index (χ0v) is 26.2. The third-order valence-electron chi connectivity index (χ3n) is 6.90. The van der Waals surface area contributed by atoms with Gasteiger partial charge in [-0.15, -0.1) is 0 Å². The van der Waals surface area contributed by atoms with E-state index in [4.69, 9.17) is 64.4 Å². The molecular formula is C31H35N5O13. The lowest BCUT2D eigenvalue weighted by atomic mass is 10.1. The second-order valence-electron chi connectivity index (χ2n) is 10.4. The van der Waals surface area contributed by atoms with Gasteiger partial charge < -0.3 is 45.8 Å². The third-order valence-corrected chi connectivity index (χ3v) is 6.90. The minimum Gasteiger partial charge on any atom is -0.473 e. The third kappa shape index (κ3) is 12.9. The Morgan fingerprint density at radius 2 is 1.16 bits per heavy atom. The van der Waals surface area contributed by atoms with Crippen molar-refractivity contribution in [2.75, 3.05) is 56.5 Å². The fourth-order valence-corrected chi connectivity index (χ4v) is 4.58. The number of anilines is 2. The van der Waals surface area contributed by atoms with E-state index in [1.165, 1.54) is 5.56 Å². The van der Waals surface area contributed by atoms with Crippen molar-refractivity contribution in [1.29, 1.82) is 0 Å². The molecule has 0 unspecified atom stereocenters. The Kier molecular flexibility index (Phi) is 15.0. The number of amides is 1. The average Bonchev–Trinajstić information content (AvgIpc) is 3.45. The summed E-state index contributed by atoms with van der Waals surface area (Å²) in [5.41, 5.74) is 4.29. The predicted octanol–water partition coefficient (Wildman–Crippen LogP) is 0.450. The van der Waals surface area contributed by atoms with E-state index in [0.29, 0.717) is 6.54 Å². The number of carbonyl (C=O) groups is 7. The van der Waals surface area contributed by atoms with Crippen LogP contribution in [-0.4, -0.2) is 133 Å². The largest absolute Gasteiger partial charge is 0.473 e. The van der Waals surface area contributed by atoms with Gasteiger partial charge in [-0.25, -0.2) is 33.8 Å². The maximum atomic E-state index is 13.0. The maximum Gasteiger partial charge on any atom is 0.414 e. The van der Waals surface area contributed by atoms with Crippen molar-refractivity contribution in [3.05, 3.63) is 65.7 Å². The molecule has 18 nitrogen and oxygen atoms in total. The molecule has 0 aliphatic carbocycles. The minimum atomic E-state index is -1.82. The lowest BCUT2D eigenvalue weighted by Crippen LogP contribution is -2.47. The zero-order valence-electron chi connectivity index (χ0n) is 26.2. The summed E-state index contributed by atoms with van der Waals surface area (Å²) in [6.07, 6.45) is 0.893. The van der Waals surface area contributed by atoms with E-state index >= 15 is 0 Å². The molecular weight excluding hydrogens is 650 g/mol. The van der Waals surface area contributed by atoms with E-state index < -0.39 is 35.8 Å². The Hall–Kier alpha value is -6.14. The van der Waals surface area contributed by atoms with Crippen molar-refractivity contribution in [2.24, 2.45) is 0 Å². The molecule has 2 aliphatic rings. The summed E-state index contributed by atoms with van der Waals surface area (Å²) in [7, 11) is 2.13. The highest BCUT2D eigenvalue weighted by atomic mass is 16.5. The number of benzene rings is 2. The van der Waals surface area contributed by atoms with Crippen LogP contribution in [0.2, 0.25) is 0 Å². The molecule has 262 valence electrons. The van der Waals surface area contributed by atoms with E-state index in [9.17, 15) is 4.79 Å². The number of carbonyl (C=O) groups excluding carboxylic acids is 1. The molecule has 1 amide bonds. The van der Waals surface area contributed by atoms with E-state index in [0.717, 1.165) is 73.7 Å². The van der Waals surface area contributed by atoms with Crippen LogP contribution in [0.4, 0.5) is 11.5 Å². The fraction of sp³-hybridized carbons (Fsp3) is 0.290. The van der Waals surface area contributed by atoms with Crippen LogP contribution < -0.4 is 10.2 Å². The number of nitrogens with zero attached hydrogens (tertiary/aromatic N) is 4. The summed E-state index contributed by atoms with van der Waals surface area (Å²) < 4.78 is 0. The van der Waals surface area contributed by atoms with Crippen LogP contribution in [0.25, 0.3) is 10.9 Å². The van der Waals surface area contributed by atoms with Crippen LogP contribution in [-0.2, 0) is 46.5 Å². The van der Waals surface area contributed by atoms with E-state index in [2.05, 4.69) is 57.4 Å². The number of hydrogen-bond acceptors (Lipinski definition) is 11. The molecule has 7 N–H and O–H groups in total. The topological polar surface area (TPSA) is 276 Å². The number of likely N-dealkylation sites (N-methyl/N-ethyl adjacent to an activating group) is 1.